The van der Waals surface area contributed by atoms with Gasteiger partial charge in [0, 0.05) is 30.8 Å². The molecule has 1 aromatic rings. The maximum atomic E-state index is 12.9. The van der Waals surface area contributed by atoms with Crippen molar-refractivity contribution in [2.45, 2.75) is 77.2 Å². The number of cyclic esters (lactones) is 1. The zero-order valence-corrected chi connectivity index (χ0v) is 23.8. The van der Waals surface area contributed by atoms with E-state index < -0.39 is 48.6 Å². The van der Waals surface area contributed by atoms with E-state index in [9.17, 15) is 19.8 Å². The third-order valence-corrected chi connectivity index (χ3v) is 8.56. The van der Waals surface area contributed by atoms with E-state index in [1.165, 1.54) is 7.11 Å². The molecule has 2 fully saturated rings. The normalized spacial score (nSPS) is 39.6. The lowest BCUT2D eigenvalue weighted by Gasteiger charge is -2.40. The summed E-state index contributed by atoms with van der Waals surface area (Å²) in [5.74, 6) is -1.89. The Morgan fingerprint density at radius 3 is 2.67 bits per heavy atom. The smallest absolute Gasteiger partial charge is 0.355 e. The van der Waals surface area contributed by atoms with Crippen LogP contribution in [0, 0.1) is 29.6 Å². The molecule has 10 heteroatoms. The van der Waals surface area contributed by atoms with Gasteiger partial charge in [-0.25, -0.2) is 9.59 Å². The number of H-pyrrole nitrogens is 1. The second-order valence-electron chi connectivity index (χ2n) is 11.3. The van der Waals surface area contributed by atoms with Crippen LogP contribution < -0.4 is 0 Å². The SMILES string of the molecule is CO[C@H]1C[C@@H](/C=C\[C@@H]2[C@@H]3CO[C@H]2[C@H](OC(=O)c2ccc(Cl)[nH]2)[C@H](C)[C@H]3O)C/C(C)=C/[C@@H](C)[C@@H]([C@@H](C)O)OC1=O. The summed E-state index contributed by atoms with van der Waals surface area (Å²) in [7, 11) is 1.48. The number of carbonyl (C=O) groups is 2. The Balaban J connectivity index is 1.55. The Kier molecular flexibility index (Phi) is 9.60. The maximum Gasteiger partial charge on any atom is 0.355 e. The molecule has 1 saturated carbocycles. The van der Waals surface area contributed by atoms with E-state index in [1.807, 2.05) is 32.9 Å². The first-order valence-electron chi connectivity index (χ1n) is 13.6. The quantitative estimate of drug-likeness (QED) is 0.352. The Hall–Kier alpha value is -2.17. The number of nitrogens with one attached hydrogen (secondary N) is 1. The maximum absolute atomic E-state index is 12.9. The van der Waals surface area contributed by atoms with Crippen LogP contribution >= 0.6 is 11.6 Å². The third kappa shape index (κ3) is 6.60. The first-order valence-corrected chi connectivity index (χ1v) is 14.0. The molecule has 0 radical (unpaired) electrons. The molecular weight excluding hydrogens is 526 g/mol. The molecule has 3 aliphatic rings. The fourth-order valence-corrected chi connectivity index (χ4v) is 6.44. The van der Waals surface area contributed by atoms with Crippen LogP contribution in [0.25, 0.3) is 0 Å². The molecule has 0 amide bonds. The average molecular weight is 566 g/mol. The topological polar surface area (TPSA) is 127 Å². The summed E-state index contributed by atoms with van der Waals surface area (Å²) in [6.45, 7) is 7.80. The van der Waals surface area contributed by atoms with E-state index in [4.69, 9.17) is 30.5 Å². The van der Waals surface area contributed by atoms with Crippen LogP contribution in [0.3, 0.4) is 0 Å². The number of aromatic nitrogens is 1. The lowest BCUT2D eigenvalue weighted by molar-refractivity contribution is -0.169. The van der Waals surface area contributed by atoms with Crippen LogP contribution in [-0.2, 0) is 23.7 Å². The van der Waals surface area contributed by atoms with Crippen LogP contribution in [0.4, 0.5) is 0 Å². The molecular formula is C29H40ClNO8. The van der Waals surface area contributed by atoms with Gasteiger partial charge >= 0.3 is 11.9 Å². The Morgan fingerprint density at radius 1 is 1.28 bits per heavy atom. The number of esters is 2. The minimum atomic E-state index is -0.813. The molecule has 9 nitrogen and oxygen atoms in total. The summed E-state index contributed by atoms with van der Waals surface area (Å²) in [4.78, 5) is 28.4. The summed E-state index contributed by atoms with van der Waals surface area (Å²) < 4.78 is 23.1. The number of rotatable bonds is 6. The van der Waals surface area contributed by atoms with Crippen LogP contribution in [0.1, 0.15) is 51.0 Å². The van der Waals surface area contributed by atoms with Gasteiger partial charge < -0.3 is 34.1 Å². The van der Waals surface area contributed by atoms with E-state index in [0.717, 1.165) is 5.57 Å². The number of allylic oxidation sites excluding steroid dienone is 2. The lowest BCUT2D eigenvalue weighted by atomic mass is 9.71. The minimum Gasteiger partial charge on any atom is -0.457 e. The predicted octanol–water partition coefficient (Wildman–Crippen LogP) is 3.69. The average Bonchev–Trinajstić information content (AvgIpc) is 3.48. The van der Waals surface area contributed by atoms with Gasteiger partial charge in [0.25, 0.3) is 0 Å². The molecule has 2 bridgehead atoms. The second kappa shape index (κ2) is 12.6. The Bertz CT molecular complexity index is 1080. The van der Waals surface area contributed by atoms with Crippen molar-refractivity contribution >= 4 is 23.5 Å². The predicted molar refractivity (Wildman–Crippen MR) is 144 cm³/mol. The number of aromatic amines is 1. The lowest BCUT2D eigenvalue weighted by Crippen LogP contribution is -2.51. The fourth-order valence-electron chi connectivity index (χ4n) is 6.27. The molecule has 1 aliphatic carbocycles. The molecule has 0 unspecified atom stereocenters. The van der Waals surface area contributed by atoms with Crippen molar-refractivity contribution in [1.82, 2.24) is 4.98 Å². The van der Waals surface area contributed by atoms with E-state index in [1.54, 1.807) is 19.1 Å². The molecule has 0 aromatic carbocycles. The number of fused-ring (bicyclic) bond motifs is 2. The number of aliphatic hydroxyl groups excluding tert-OH is 2. The van der Waals surface area contributed by atoms with Crippen molar-refractivity contribution in [3.8, 4) is 0 Å². The molecule has 3 heterocycles. The van der Waals surface area contributed by atoms with Crippen LogP contribution in [0.2, 0.25) is 5.15 Å². The van der Waals surface area contributed by atoms with Gasteiger partial charge in [0.2, 0.25) is 0 Å². The molecule has 216 valence electrons. The first-order chi connectivity index (χ1) is 18.5. The largest absolute Gasteiger partial charge is 0.457 e. The summed E-state index contributed by atoms with van der Waals surface area (Å²) in [5, 5.41) is 21.6. The third-order valence-electron chi connectivity index (χ3n) is 8.33. The molecule has 2 aliphatic heterocycles. The van der Waals surface area contributed by atoms with Crippen LogP contribution in [0.15, 0.2) is 35.9 Å². The standard InChI is InChI=1S/C29H40ClNO8/c1-14-10-15(2)25(17(4)32)38-29(35)22(36-5)12-18(11-14)6-7-19-20-13-37-27(19)26(16(3)24(20)33)39-28(34)21-8-9-23(30)31-21/h6-10,15-20,22,24-27,31-33H,11-13H2,1-5H3/b7-6-,14-10+/t15-,16-,17-,18+,19-,20+,22+,24-,25+,26-,27-/m1/s1. The van der Waals surface area contributed by atoms with Gasteiger partial charge in [-0.15, -0.1) is 0 Å². The number of hydrogen-bond donors (Lipinski definition) is 3. The number of hydrogen-bond acceptors (Lipinski definition) is 8. The summed E-state index contributed by atoms with van der Waals surface area (Å²) in [6, 6.07) is 3.13. The Labute approximate surface area is 234 Å². The molecule has 0 spiro atoms. The van der Waals surface area contributed by atoms with Gasteiger partial charge in [0.1, 0.15) is 29.2 Å². The second-order valence-corrected chi connectivity index (χ2v) is 11.7. The molecule has 4 rings (SSSR count). The molecule has 39 heavy (non-hydrogen) atoms. The highest BCUT2D eigenvalue weighted by Gasteiger charge is 2.54. The van der Waals surface area contributed by atoms with Crippen molar-refractivity contribution in [2.24, 2.45) is 29.6 Å². The fraction of sp³-hybridized carbons (Fsp3) is 0.655. The van der Waals surface area contributed by atoms with Crippen molar-refractivity contribution < 1.29 is 38.7 Å². The van der Waals surface area contributed by atoms with Crippen molar-refractivity contribution in [3.05, 3.63) is 46.8 Å². The minimum absolute atomic E-state index is 0.0491. The molecule has 1 aromatic heterocycles. The van der Waals surface area contributed by atoms with Gasteiger partial charge in [-0.05, 0) is 44.7 Å². The van der Waals surface area contributed by atoms with Gasteiger partial charge in [0.05, 0.1) is 18.8 Å². The van der Waals surface area contributed by atoms with E-state index in [0.29, 0.717) is 24.6 Å². The highest BCUT2D eigenvalue weighted by Crippen LogP contribution is 2.44. The highest BCUT2D eigenvalue weighted by molar-refractivity contribution is 6.29. The van der Waals surface area contributed by atoms with Crippen molar-refractivity contribution in [1.29, 1.82) is 0 Å². The van der Waals surface area contributed by atoms with Gasteiger partial charge in [-0.1, -0.05) is 49.2 Å². The van der Waals surface area contributed by atoms with Crippen molar-refractivity contribution in [3.63, 3.8) is 0 Å². The van der Waals surface area contributed by atoms with E-state index in [-0.39, 0.29) is 35.3 Å². The number of halogens is 1. The zero-order chi connectivity index (χ0) is 28.4. The van der Waals surface area contributed by atoms with Gasteiger partial charge in [-0.3, -0.25) is 0 Å². The number of carbonyl (C=O) groups excluding carboxylic acids is 2. The van der Waals surface area contributed by atoms with Crippen LogP contribution in [0.5, 0.6) is 0 Å². The summed E-state index contributed by atoms with van der Waals surface area (Å²) >= 11 is 5.92. The zero-order valence-electron chi connectivity index (χ0n) is 23.1. The first kappa shape index (κ1) is 29.8. The van der Waals surface area contributed by atoms with Crippen molar-refractivity contribution in [2.75, 3.05) is 13.7 Å². The number of methoxy groups -OCH3 is 1. The molecule has 1 saturated heterocycles. The molecule has 3 N–H and O–H groups in total. The Morgan fingerprint density at radius 2 is 2.03 bits per heavy atom. The van der Waals surface area contributed by atoms with Gasteiger partial charge in [-0.2, -0.15) is 0 Å². The monoisotopic (exact) mass is 565 g/mol. The van der Waals surface area contributed by atoms with E-state index in [2.05, 4.69) is 11.1 Å². The number of aliphatic hydroxyl groups is 2. The molecule has 11 atom stereocenters. The summed E-state index contributed by atoms with van der Waals surface area (Å²) in [6.07, 6.45) is 3.19. The number of ether oxygens (including phenoxy) is 4. The van der Waals surface area contributed by atoms with E-state index >= 15 is 0 Å². The van der Waals surface area contributed by atoms with Gasteiger partial charge in [0.15, 0.2) is 6.10 Å². The highest BCUT2D eigenvalue weighted by atomic mass is 35.5. The summed E-state index contributed by atoms with van der Waals surface area (Å²) in [5.41, 5.74) is 1.35. The van der Waals surface area contributed by atoms with Crippen LogP contribution in [-0.4, -0.2) is 77.5 Å².